The number of ether oxygens (including phenoxy) is 1. The minimum Gasteiger partial charge on any atom is -0.478 e. The molecule has 1 aromatic carbocycles. The monoisotopic (exact) mass is 239 g/mol. The number of carbonyl (C=O) groups is 1. The van der Waals surface area contributed by atoms with Gasteiger partial charge in [-0.15, -0.1) is 0 Å². The summed E-state index contributed by atoms with van der Waals surface area (Å²) < 4.78 is 4.94. The maximum absolute atomic E-state index is 10.3. The molecule has 1 aliphatic rings. The number of hydrogen-bond acceptors (Lipinski definition) is 3. The highest BCUT2D eigenvalue weighted by atomic mass is 16.5. The molecule has 1 heterocycles. The summed E-state index contributed by atoms with van der Waals surface area (Å²) >= 11 is 0. The summed E-state index contributed by atoms with van der Waals surface area (Å²) in [6, 6.07) is 6.36. The first kappa shape index (κ1) is 15.4. The van der Waals surface area contributed by atoms with Crippen LogP contribution in [0.5, 0.6) is 0 Å². The van der Waals surface area contributed by atoms with Crippen molar-refractivity contribution in [1.82, 2.24) is 0 Å². The van der Waals surface area contributed by atoms with Gasteiger partial charge in [-0.1, -0.05) is 26.0 Å². The van der Waals surface area contributed by atoms with E-state index in [2.05, 4.69) is 0 Å². The Morgan fingerprint density at radius 2 is 1.76 bits per heavy atom. The second kappa shape index (κ2) is 9.66. The summed E-state index contributed by atoms with van der Waals surface area (Å²) in [4.78, 5) is 10.3. The van der Waals surface area contributed by atoms with Crippen LogP contribution in [0.3, 0.4) is 0 Å². The molecule has 2 rings (SSSR count). The Kier molecular flexibility index (Phi) is 8.78. The standard InChI is InChI=1S/C7H7NO2.C4H8O.C2H6/c8-6-4-2-1-3-5(6)7(9)10;1-2-4-5-3-1;1-2/h1-4H,8H2,(H,9,10);1-4H2;1-2H3. The van der Waals surface area contributed by atoms with Gasteiger partial charge in [0, 0.05) is 18.9 Å². The molecule has 96 valence electrons. The highest BCUT2D eigenvalue weighted by Gasteiger charge is 2.03. The first-order chi connectivity index (χ1) is 8.22. The second-order valence-electron chi connectivity index (χ2n) is 3.21. The second-order valence-corrected chi connectivity index (χ2v) is 3.21. The lowest BCUT2D eigenvalue weighted by Crippen LogP contribution is -2.00. The van der Waals surface area contributed by atoms with Crippen LogP contribution in [0, 0.1) is 0 Å². The molecule has 0 bridgehead atoms. The van der Waals surface area contributed by atoms with Crippen LogP contribution in [0.4, 0.5) is 5.69 Å². The molecule has 4 nitrogen and oxygen atoms in total. The zero-order chi connectivity index (χ0) is 13.1. The lowest BCUT2D eigenvalue weighted by Gasteiger charge is -1.96. The number of carboxylic acid groups (broad SMARTS) is 1. The van der Waals surface area contributed by atoms with Gasteiger partial charge in [-0.05, 0) is 25.0 Å². The predicted molar refractivity (Wildman–Crippen MR) is 69.2 cm³/mol. The quantitative estimate of drug-likeness (QED) is 0.739. The first-order valence-electron chi connectivity index (χ1n) is 5.87. The molecule has 0 saturated carbocycles. The normalized spacial score (nSPS) is 12.8. The van der Waals surface area contributed by atoms with Crippen LogP contribution in [0.2, 0.25) is 0 Å². The molecule has 0 spiro atoms. The highest BCUT2D eigenvalue weighted by molar-refractivity contribution is 5.93. The third-order valence-electron chi connectivity index (χ3n) is 2.02. The van der Waals surface area contributed by atoms with Crippen LogP contribution >= 0.6 is 0 Å². The van der Waals surface area contributed by atoms with Crippen molar-refractivity contribution in [3.63, 3.8) is 0 Å². The van der Waals surface area contributed by atoms with Crippen LogP contribution in [0.15, 0.2) is 24.3 Å². The average molecular weight is 239 g/mol. The van der Waals surface area contributed by atoms with Crippen LogP contribution in [0.25, 0.3) is 0 Å². The Morgan fingerprint density at radius 3 is 2.06 bits per heavy atom. The molecule has 1 aliphatic heterocycles. The van der Waals surface area contributed by atoms with Crippen LogP contribution in [0.1, 0.15) is 37.0 Å². The van der Waals surface area contributed by atoms with Crippen LogP contribution < -0.4 is 5.73 Å². The smallest absolute Gasteiger partial charge is 0.337 e. The SMILES string of the molecule is C1CCOC1.CC.Nc1ccccc1C(=O)O. The van der Waals surface area contributed by atoms with E-state index in [0.29, 0.717) is 5.69 Å². The Balaban J connectivity index is 0.000000306. The summed E-state index contributed by atoms with van der Waals surface area (Å²) in [6.07, 6.45) is 2.56. The molecule has 17 heavy (non-hydrogen) atoms. The van der Waals surface area contributed by atoms with Gasteiger partial charge in [0.15, 0.2) is 0 Å². The van der Waals surface area contributed by atoms with E-state index >= 15 is 0 Å². The fourth-order valence-corrected chi connectivity index (χ4v) is 1.20. The molecule has 4 heteroatoms. The van der Waals surface area contributed by atoms with Crippen molar-refractivity contribution in [2.45, 2.75) is 26.7 Å². The first-order valence-corrected chi connectivity index (χ1v) is 5.87. The lowest BCUT2D eigenvalue weighted by atomic mass is 10.2. The third kappa shape index (κ3) is 6.58. The zero-order valence-electron chi connectivity index (χ0n) is 10.5. The highest BCUT2D eigenvalue weighted by Crippen LogP contribution is 2.09. The molecule has 1 aromatic rings. The Hall–Kier alpha value is -1.55. The number of carboxylic acids is 1. The van der Waals surface area contributed by atoms with E-state index in [4.69, 9.17) is 15.6 Å². The van der Waals surface area contributed by atoms with E-state index < -0.39 is 5.97 Å². The minimum atomic E-state index is -0.988. The molecule has 0 aliphatic carbocycles. The van der Waals surface area contributed by atoms with Crippen molar-refractivity contribution >= 4 is 11.7 Å². The van der Waals surface area contributed by atoms with E-state index in [0.717, 1.165) is 13.2 Å². The maximum atomic E-state index is 10.3. The van der Waals surface area contributed by atoms with Gasteiger partial charge in [-0.3, -0.25) is 0 Å². The molecule has 0 radical (unpaired) electrons. The van der Waals surface area contributed by atoms with Gasteiger partial charge in [0.1, 0.15) is 0 Å². The van der Waals surface area contributed by atoms with Crippen LogP contribution in [-0.4, -0.2) is 24.3 Å². The van der Waals surface area contributed by atoms with Gasteiger partial charge >= 0.3 is 5.97 Å². The van der Waals surface area contributed by atoms with E-state index in [1.165, 1.54) is 18.9 Å². The van der Waals surface area contributed by atoms with E-state index in [1.807, 2.05) is 13.8 Å². The molecule has 0 amide bonds. The number of nitrogen functional groups attached to an aromatic ring is 1. The summed E-state index contributed by atoms with van der Waals surface area (Å²) in [7, 11) is 0. The topological polar surface area (TPSA) is 72.5 Å². The fraction of sp³-hybridized carbons (Fsp3) is 0.462. The van der Waals surface area contributed by atoms with Crippen LogP contribution in [-0.2, 0) is 4.74 Å². The fourth-order valence-electron chi connectivity index (χ4n) is 1.20. The van der Waals surface area contributed by atoms with Gasteiger partial charge in [0.05, 0.1) is 5.56 Å². The maximum Gasteiger partial charge on any atom is 0.337 e. The summed E-state index contributed by atoms with van der Waals surface area (Å²) in [6.45, 7) is 6.00. The molecule has 0 unspecified atom stereocenters. The predicted octanol–water partition coefficient (Wildman–Crippen LogP) is 2.79. The summed E-state index contributed by atoms with van der Waals surface area (Å²) in [5.74, 6) is -0.988. The number of hydrogen-bond donors (Lipinski definition) is 2. The van der Waals surface area contributed by atoms with Crippen molar-refractivity contribution in [3.8, 4) is 0 Å². The third-order valence-corrected chi connectivity index (χ3v) is 2.02. The van der Waals surface area contributed by atoms with Crippen molar-refractivity contribution in [2.75, 3.05) is 18.9 Å². The van der Waals surface area contributed by atoms with Crippen molar-refractivity contribution in [2.24, 2.45) is 0 Å². The van der Waals surface area contributed by atoms with Crippen molar-refractivity contribution in [3.05, 3.63) is 29.8 Å². The summed E-state index contributed by atoms with van der Waals surface area (Å²) in [5.41, 5.74) is 5.80. The Bertz CT molecular complexity index is 315. The number of nitrogens with two attached hydrogens (primary N) is 1. The minimum absolute atomic E-state index is 0.155. The summed E-state index contributed by atoms with van der Waals surface area (Å²) in [5, 5.41) is 8.49. The van der Waals surface area contributed by atoms with E-state index in [-0.39, 0.29) is 5.56 Å². The number of para-hydroxylation sites is 1. The van der Waals surface area contributed by atoms with Gasteiger partial charge in [-0.25, -0.2) is 4.79 Å². The molecular weight excluding hydrogens is 218 g/mol. The number of benzene rings is 1. The largest absolute Gasteiger partial charge is 0.478 e. The van der Waals surface area contributed by atoms with Gasteiger partial charge in [-0.2, -0.15) is 0 Å². The van der Waals surface area contributed by atoms with Crippen molar-refractivity contribution < 1.29 is 14.6 Å². The average Bonchev–Trinajstić information content (AvgIpc) is 2.90. The Labute approximate surface area is 102 Å². The Morgan fingerprint density at radius 1 is 1.24 bits per heavy atom. The molecule has 1 fully saturated rings. The van der Waals surface area contributed by atoms with E-state index in [1.54, 1.807) is 18.2 Å². The molecule has 3 N–H and O–H groups in total. The van der Waals surface area contributed by atoms with Gasteiger partial charge < -0.3 is 15.6 Å². The molecular formula is C13H21NO3. The lowest BCUT2D eigenvalue weighted by molar-refractivity contribution is 0.0698. The van der Waals surface area contributed by atoms with E-state index in [9.17, 15) is 4.79 Å². The number of rotatable bonds is 1. The zero-order valence-corrected chi connectivity index (χ0v) is 10.5. The molecule has 1 saturated heterocycles. The molecule has 0 atom stereocenters. The molecule has 0 aromatic heterocycles. The number of anilines is 1. The van der Waals surface area contributed by atoms with Gasteiger partial charge in [0.25, 0.3) is 0 Å². The number of aromatic carboxylic acids is 1. The van der Waals surface area contributed by atoms with Gasteiger partial charge in [0.2, 0.25) is 0 Å². The van der Waals surface area contributed by atoms with Crippen molar-refractivity contribution in [1.29, 1.82) is 0 Å².